The molecule has 8 heteroatoms. The van der Waals surface area contributed by atoms with Crippen molar-refractivity contribution in [3.05, 3.63) is 90.5 Å². The van der Waals surface area contributed by atoms with Crippen LogP contribution in [0.15, 0.2) is 85.0 Å². The number of hydrogen-bond acceptors (Lipinski definition) is 5. The van der Waals surface area contributed by atoms with E-state index in [0.717, 1.165) is 24.1 Å². The number of thioether (sulfide) groups is 1. The van der Waals surface area contributed by atoms with Crippen molar-refractivity contribution in [3.63, 3.8) is 0 Å². The van der Waals surface area contributed by atoms with Gasteiger partial charge in [0.2, 0.25) is 17.7 Å². The Kier molecular flexibility index (Phi) is 8.03. The van der Waals surface area contributed by atoms with E-state index in [-0.39, 0.29) is 35.6 Å². The Labute approximate surface area is 252 Å². The van der Waals surface area contributed by atoms with Gasteiger partial charge in [0.25, 0.3) is 0 Å². The maximum atomic E-state index is 14.8. The van der Waals surface area contributed by atoms with Crippen LogP contribution in [0.1, 0.15) is 32.3 Å². The fourth-order valence-electron chi connectivity index (χ4n) is 7.43. The summed E-state index contributed by atoms with van der Waals surface area (Å²) >= 11 is 1.58. The zero-order valence-electron chi connectivity index (χ0n) is 24.2. The SMILES string of the molecule is CCCC(C)N1CC=C[C@]23S[C@@H]4C=CCN(c5ccccc5)C(=O)[C@@H]4[C@H]2C(=O)N([C@@H](CO)Cc2ccccc2)C3C1=O. The van der Waals surface area contributed by atoms with Crippen molar-refractivity contribution >= 4 is 35.2 Å². The van der Waals surface area contributed by atoms with E-state index in [1.807, 2.05) is 77.7 Å². The van der Waals surface area contributed by atoms with E-state index in [9.17, 15) is 19.5 Å². The summed E-state index contributed by atoms with van der Waals surface area (Å²) in [5.41, 5.74) is 1.78. The molecule has 2 aromatic carbocycles. The van der Waals surface area contributed by atoms with Crippen LogP contribution < -0.4 is 4.90 Å². The quantitative estimate of drug-likeness (QED) is 0.473. The summed E-state index contributed by atoms with van der Waals surface area (Å²) in [6, 6.07) is 17.9. The number of nitrogens with zero attached hydrogens (tertiary/aromatic N) is 3. The highest BCUT2D eigenvalue weighted by Crippen LogP contribution is 2.61. The number of hydrogen-bond donors (Lipinski definition) is 1. The lowest BCUT2D eigenvalue weighted by Gasteiger charge is -2.40. The Bertz CT molecular complexity index is 1380. The van der Waals surface area contributed by atoms with E-state index in [2.05, 4.69) is 26.0 Å². The summed E-state index contributed by atoms with van der Waals surface area (Å²) in [5.74, 6) is -1.74. The van der Waals surface area contributed by atoms with Crippen molar-refractivity contribution < 1.29 is 19.5 Å². The molecule has 0 bridgehead atoms. The smallest absolute Gasteiger partial charge is 0.247 e. The van der Waals surface area contributed by atoms with Crippen LogP contribution in [-0.2, 0) is 20.8 Å². The van der Waals surface area contributed by atoms with Gasteiger partial charge in [-0.05, 0) is 37.5 Å². The van der Waals surface area contributed by atoms with Crippen molar-refractivity contribution in [1.29, 1.82) is 0 Å². The van der Waals surface area contributed by atoms with Crippen LogP contribution in [0, 0.1) is 11.8 Å². The number of rotatable bonds is 8. The monoisotopic (exact) mass is 585 g/mol. The van der Waals surface area contributed by atoms with Gasteiger partial charge in [-0.1, -0.05) is 86.2 Å². The van der Waals surface area contributed by atoms with Gasteiger partial charge in [0.15, 0.2) is 0 Å². The van der Waals surface area contributed by atoms with Gasteiger partial charge in [-0.15, -0.1) is 11.8 Å². The fraction of sp³-hybridized carbons (Fsp3) is 0.441. The Morgan fingerprint density at radius 2 is 1.67 bits per heavy atom. The van der Waals surface area contributed by atoms with Crippen molar-refractivity contribution in [2.75, 3.05) is 24.6 Å². The molecule has 1 spiro atoms. The Morgan fingerprint density at radius 1 is 0.952 bits per heavy atom. The molecule has 0 aliphatic carbocycles. The predicted molar refractivity (Wildman–Crippen MR) is 166 cm³/mol. The van der Waals surface area contributed by atoms with E-state index in [1.54, 1.807) is 21.6 Å². The zero-order valence-corrected chi connectivity index (χ0v) is 25.0. The molecule has 1 N–H and O–H groups in total. The molecule has 2 aromatic rings. The average Bonchev–Trinajstić information content (AvgIpc) is 3.32. The number of likely N-dealkylation sites (tertiary alicyclic amines) is 1. The van der Waals surface area contributed by atoms with E-state index >= 15 is 0 Å². The predicted octanol–water partition coefficient (Wildman–Crippen LogP) is 4.08. The van der Waals surface area contributed by atoms with Crippen LogP contribution in [0.5, 0.6) is 0 Å². The van der Waals surface area contributed by atoms with Gasteiger partial charge in [-0.3, -0.25) is 14.4 Å². The highest BCUT2D eigenvalue weighted by atomic mass is 32.2. The molecule has 2 saturated heterocycles. The Balaban J connectivity index is 1.45. The lowest BCUT2D eigenvalue weighted by atomic mass is 9.78. The van der Waals surface area contributed by atoms with Gasteiger partial charge in [-0.25, -0.2) is 0 Å². The van der Waals surface area contributed by atoms with E-state index in [1.165, 1.54) is 0 Å². The van der Waals surface area contributed by atoms with E-state index in [4.69, 9.17) is 0 Å². The summed E-state index contributed by atoms with van der Waals surface area (Å²) < 4.78 is -0.909. The minimum atomic E-state index is -0.909. The maximum absolute atomic E-state index is 14.8. The van der Waals surface area contributed by atoms with Crippen molar-refractivity contribution in [3.8, 4) is 0 Å². The molecular formula is C34H39N3O4S. The van der Waals surface area contributed by atoms with Gasteiger partial charge < -0.3 is 19.8 Å². The van der Waals surface area contributed by atoms with Gasteiger partial charge in [-0.2, -0.15) is 0 Å². The zero-order chi connectivity index (χ0) is 29.4. The molecule has 7 nitrogen and oxygen atoms in total. The third-order valence-electron chi connectivity index (χ3n) is 9.35. The van der Waals surface area contributed by atoms with Gasteiger partial charge in [0.1, 0.15) is 6.04 Å². The second-order valence-corrected chi connectivity index (χ2v) is 13.3. The molecule has 2 fully saturated rings. The standard InChI is InChI=1S/C34H39N3O4S/c1-3-12-23(2)35-20-11-18-34-29(28-27(42-34)17-10-19-36(31(28)39)25-15-8-5-9-16-25)32(40)37(30(34)33(35)41)26(22-38)21-24-13-6-4-7-14-24/h4-11,13-18,23,26-30,38H,3,12,19-22H2,1-2H3/t23?,26-,27-,28+,29+,30?,34+/m1/s1. The number of amides is 3. The number of aliphatic hydroxyl groups is 1. The van der Waals surface area contributed by atoms with Crippen LogP contribution in [0.3, 0.4) is 0 Å². The first-order valence-corrected chi connectivity index (χ1v) is 15.9. The van der Waals surface area contributed by atoms with E-state index < -0.39 is 28.7 Å². The lowest BCUT2D eigenvalue weighted by Crippen LogP contribution is -2.58. The van der Waals surface area contributed by atoms with Crippen molar-refractivity contribution in [1.82, 2.24) is 9.80 Å². The molecule has 6 rings (SSSR count). The Morgan fingerprint density at radius 3 is 2.36 bits per heavy atom. The molecule has 4 heterocycles. The number of fused-ring (bicyclic) bond motifs is 2. The summed E-state index contributed by atoms with van der Waals surface area (Å²) in [4.78, 5) is 49.1. The first kappa shape index (κ1) is 28.7. The largest absolute Gasteiger partial charge is 0.394 e. The van der Waals surface area contributed by atoms with Crippen LogP contribution in [0.2, 0.25) is 0 Å². The third kappa shape index (κ3) is 4.69. The van der Waals surface area contributed by atoms with Crippen LogP contribution in [-0.4, -0.2) is 80.4 Å². The van der Waals surface area contributed by atoms with Crippen LogP contribution in [0.25, 0.3) is 0 Å². The van der Waals surface area contributed by atoms with Gasteiger partial charge in [0.05, 0.1) is 29.2 Å². The molecule has 4 aliphatic heterocycles. The molecule has 4 aliphatic rings. The minimum Gasteiger partial charge on any atom is -0.394 e. The number of carbonyl (C=O) groups is 3. The van der Waals surface area contributed by atoms with Crippen LogP contribution >= 0.6 is 11.8 Å². The first-order chi connectivity index (χ1) is 20.4. The summed E-state index contributed by atoms with van der Waals surface area (Å²) in [5, 5.41) is 10.5. The molecule has 3 amide bonds. The lowest BCUT2D eigenvalue weighted by molar-refractivity contribution is -0.146. The highest BCUT2D eigenvalue weighted by Gasteiger charge is 2.71. The average molecular weight is 586 g/mol. The van der Waals surface area contributed by atoms with Crippen molar-refractivity contribution in [2.45, 2.75) is 61.2 Å². The first-order valence-electron chi connectivity index (χ1n) is 15.1. The molecule has 0 saturated carbocycles. The second-order valence-electron chi connectivity index (χ2n) is 11.9. The number of para-hydroxylation sites is 1. The second kappa shape index (κ2) is 11.7. The topological polar surface area (TPSA) is 81.2 Å². The highest BCUT2D eigenvalue weighted by molar-refractivity contribution is 8.02. The van der Waals surface area contributed by atoms with Crippen LogP contribution in [0.4, 0.5) is 5.69 Å². The summed E-state index contributed by atoms with van der Waals surface area (Å²) in [7, 11) is 0. The minimum absolute atomic E-state index is 0.00647. The van der Waals surface area contributed by atoms with E-state index in [0.29, 0.717) is 19.5 Å². The van der Waals surface area contributed by atoms with Crippen molar-refractivity contribution in [2.24, 2.45) is 11.8 Å². The van der Waals surface area contributed by atoms with Gasteiger partial charge >= 0.3 is 0 Å². The summed E-state index contributed by atoms with van der Waals surface area (Å²) in [6.07, 6.45) is 10.4. The number of anilines is 1. The molecule has 220 valence electrons. The normalized spacial score (nSPS) is 30.1. The Hall–Kier alpha value is -3.36. The molecule has 42 heavy (non-hydrogen) atoms. The molecule has 7 atom stereocenters. The molecule has 2 unspecified atom stereocenters. The fourth-order valence-corrected chi connectivity index (χ4v) is 9.43. The summed E-state index contributed by atoms with van der Waals surface area (Å²) in [6.45, 7) is 4.79. The number of benzene rings is 2. The third-order valence-corrected chi connectivity index (χ3v) is 11.1. The number of aliphatic hydroxyl groups excluding tert-OH is 1. The number of carbonyl (C=O) groups excluding carboxylic acids is 3. The molecule has 0 radical (unpaired) electrons. The molecule has 0 aromatic heterocycles. The molecular weight excluding hydrogens is 546 g/mol. The van der Waals surface area contributed by atoms with Gasteiger partial charge in [0, 0.05) is 30.1 Å². The maximum Gasteiger partial charge on any atom is 0.247 e.